The predicted molar refractivity (Wildman–Crippen MR) is 38.7 cm³/mol. The van der Waals surface area contributed by atoms with Crippen LogP contribution in [-0.4, -0.2) is 10.7 Å². The van der Waals surface area contributed by atoms with Crippen LogP contribution in [0, 0.1) is 0 Å². The highest BCUT2D eigenvalue weighted by Gasteiger charge is 2.14. The molecular weight excluding hydrogens is 128 g/mol. The highest BCUT2D eigenvalue weighted by atomic mass is 16.3. The summed E-state index contributed by atoms with van der Waals surface area (Å²) in [7, 11) is 0. The van der Waals surface area contributed by atoms with Gasteiger partial charge in [-0.15, -0.1) is 0 Å². The summed E-state index contributed by atoms with van der Waals surface area (Å²) in [6.45, 7) is 3.52. The molecule has 0 atom stereocenters. The van der Waals surface area contributed by atoms with Crippen molar-refractivity contribution in [3.63, 3.8) is 0 Å². The van der Waals surface area contributed by atoms with Gasteiger partial charge in [-0.25, -0.2) is 0 Å². The van der Waals surface area contributed by atoms with Gasteiger partial charge in [0.05, 0.1) is 11.9 Å². The van der Waals surface area contributed by atoms with Gasteiger partial charge in [-0.05, 0) is 26.0 Å². The van der Waals surface area contributed by atoms with Crippen molar-refractivity contribution in [2.24, 2.45) is 0 Å². The Balaban J connectivity index is 2.57. The molecule has 0 saturated heterocycles. The second-order valence-corrected chi connectivity index (χ2v) is 3.07. The second-order valence-electron chi connectivity index (χ2n) is 3.07. The summed E-state index contributed by atoms with van der Waals surface area (Å²) in [6, 6.07) is 3.68. The number of rotatable bonds is 2. The van der Waals surface area contributed by atoms with Crippen molar-refractivity contribution >= 4 is 0 Å². The van der Waals surface area contributed by atoms with E-state index >= 15 is 0 Å². The van der Waals surface area contributed by atoms with E-state index in [1.54, 1.807) is 20.1 Å². The predicted octanol–water partition coefficient (Wildman–Crippen LogP) is 1.59. The Kier molecular flexibility index (Phi) is 1.81. The minimum Gasteiger partial charge on any atom is -0.469 e. The Morgan fingerprint density at radius 1 is 1.60 bits per heavy atom. The molecule has 0 spiro atoms. The monoisotopic (exact) mass is 140 g/mol. The number of hydrogen-bond donors (Lipinski definition) is 1. The maximum Gasteiger partial charge on any atom is 0.106 e. The van der Waals surface area contributed by atoms with Crippen LogP contribution in [0.25, 0.3) is 0 Å². The largest absolute Gasteiger partial charge is 0.469 e. The van der Waals surface area contributed by atoms with Crippen LogP contribution in [0.5, 0.6) is 0 Å². The standard InChI is InChI=1S/C8H12O2/c1-8(2,9)6-7-4-3-5-10-7/h3-5,9H,6H2,1-2H3. The first kappa shape index (κ1) is 7.35. The molecule has 1 aromatic rings. The fourth-order valence-corrected chi connectivity index (χ4v) is 0.840. The molecule has 2 heteroatoms. The molecule has 1 aromatic heterocycles. The van der Waals surface area contributed by atoms with Gasteiger partial charge in [0.15, 0.2) is 0 Å². The lowest BCUT2D eigenvalue weighted by molar-refractivity contribution is 0.0752. The minimum atomic E-state index is -0.669. The van der Waals surface area contributed by atoms with Crippen LogP contribution in [0.1, 0.15) is 19.6 Å². The first-order valence-electron chi connectivity index (χ1n) is 3.33. The summed E-state index contributed by atoms with van der Waals surface area (Å²) in [4.78, 5) is 0. The molecule has 1 rings (SSSR count). The average molecular weight is 140 g/mol. The van der Waals surface area contributed by atoms with Gasteiger partial charge in [-0.1, -0.05) is 0 Å². The van der Waals surface area contributed by atoms with Crippen LogP contribution in [0.4, 0.5) is 0 Å². The SMILES string of the molecule is CC(C)(O)Cc1ccco1. The third kappa shape index (κ3) is 2.23. The van der Waals surface area contributed by atoms with Crippen LogP contribution in [0.2, 0.25) is 0 Å². The smallest absolute Gasteiger partial charge is 0.106 e. The lowest BCUT2D eigenvalue weighted by atomic mass is 10.0. The molecular formula is C8H12O2. The molecule has 1 heterocycles. The summed E-state index contributed by atoms with van der Waals surface area (Å²) in [5.74, 6) is 0.826. The van der Waals surface area contributed by atoms with E-state index in [-0.39, 0.29) is 0 Å². The van der Waals surface area contributed by atoms with Gasteiger partial charge >= 0.3 is 0 Å². The van der Waals surface area contributed by atoms with E-state index in [0.29, 0.717) is 6.42 Å². The summed E-state index contributed by atoms with van der Waals surface area (Å²) in [5, 5.41) is 9.33. The van der Waals surface area contributed by atoms with E-state index < -0.39 is 5.60 Å². The maximum atomic E-state index is 9.33. The van der Waals surface area contributed by atoms with Crippen LogP contribution in [0.3, 0.4) is 0 Å². The van der Waals surface area contributed by atoms with Gasteiger partial charge in [0, 0.05) is 6.42 Å². The van der Waals surface area contributed by atoms with Crippen LogP contribution in [0.15, 0.2) is 22.8 Å². The van der Waals surface area contributed by atoms with E-state index in [2.05, 4.69) is 0 Å². The van der Waals surface area contributed by atoms with Gasteiger partial charge in [0.2, 0.25) is 0 Å². The van der Waals surface area contributed by atoms with Crippen LogP contribution in [-0.2, 0) is 6.42 Å². The van der Waals surface area contributed by atoms with Crippen molar-refractivity contribution in [3.8, 4) is 0 Å². The van der Waals surface area contributed by atoms with Crippen molar-refractivity contribution in [2.45, 2.75) is 25.9 Å². The van der Waals surface area contributed by atoms with Crippen molar-refractivity contribution in [1.29, 1.82) is 0 Å². The molecule has 0 fully saturated rings. The molecule has 0 aliphatic rings. The molecule has 0 saturated carbocycles. The molecule has 1 N–H and O–H groups in total. The topological polar surface area (TPSA) is 33.4 Å². The molecule has 0 aromatic carbocycles. The number of aliphatic hydroxyl groups is 1. The Morgan fingerprint density at radius 3 is 2.70 bits per heavy atom. The van der Waals surface area contributed by atoms with Gasteiger partial charge in [-0.2, -0.15) is 0 Å². The molecule has 0 aliphatic heterocycles. The number of hydrogen-bond acceptors (Lipinski definition) is 2. The third-order valence-corrected chi connectivity index (χ3v) is 1.19. The Hall–Kier alpha value is -0.760. The third-order valence-electron chi connectivity index (χ3n) is 1.19. The van der Waals surface area contributed by atoms with E-state index in [4.69, 9.17) is 4.42 Å². The summed E-state index contributed by atoms with van der Waals surface area (Å²) in [5.41, 5.74) is -0.669. The molecule has 0 bridgehead atoms. The van der Waals surface area contributed by atoms with Crippen molar-refractivity contribution in [3.05, 3.63) is 24.2 Å². The van der Waals surface area contributed by atoms with Crippen molar-refractivity contribution in [1.82, 2.24) is 0 Å². The molecule has 0 unspecified atom stereocenters. The van der Waals surface area contributed by atoms with Crippen LogP contribution < -0.4 is 0 Å². The van der Waals surface area contributed by atoms with E-state index in [9.17, 15) is 5.11 Å². The Morgan fingerprint density at radius 2 is 2.30 bits per heavy atom. The molecule has 0 radical (unpaired) electrons. The van der Waals surface area contributed by atoms with Gasteiger partial charge < -0.3 is 9.52 Å². The molecule has 56 valence electrons. The van der Waals surface area contributed by atoms with E-state index in [0.717, 1.165) is 5.76 Å². The van der Waals surface area contributed by atoms with Gasteiger partial charge in [-0.3, -0.25) is 0 Å². The van der Waals surface area contributed by atoms with E-state index in [1.165, 1.54) is 0 Å². The molecule has 2 nitrogen and oxygen atoms in total. The zero-order valence-corrected chi connectivity index (χ0v) is 6.29. The lowest BCUT2D eigenvalue weighted by Gasteiger charge is -2.14. The summed E-state index contributed by atoms with van der Waals surface area (Å²) in [6.07, 6.45) is 2.18. The van der Waals surface area contributed by atoms with E-state index in [1.807, 2.05) is 12.1 Å². The molecule has 0 amide bonds. The first-order chi connectivity index (χ1) is 4.58. The quantitative estimate of drug-likeness (QED) is 0.676. The normalized spacial score (nSPS) is 11.9. The van der Waals surface area contributed by atoms with Gasteiger partial charge in [0.25, 0.3) is 0 Å². The molecule has 0 aliphatic carbocycles. The van der Waals surface area contributed by atoms with Crippen LogP contribution >= 0.6 is 0 Å². The highest BCUT2D eigenvalue weighted by Crippen LogP contribution is 2.11. The van der Waals surface area contributed by atoms with Gasteiger partial charge in [0.1, 0.15) is 5.76 Å². The second kappa shape index (κ2) is 2.46. The first-order valence-corrected chi connectivity index (χ1v) is 3.33. The van der Waals surface area contributed by atoms with Crippen molar-refractivity contribution in [2.75, 3.05) is 0 Å². The zero-order chi connectivity index (χ0) is 7.61. The molecule has 10 heavy (non-hydrogen) atoms. The zero-order valence-electron chi connectivity index (χ0n) is 6.29. The van der Waals surface area contributed by atoms with Crippen molar-refractivity contribution < 1.29 is 9.52 Å². The maximum absolute atomic E-state index is 9.33. The minimum absolute atomic E-state index is 0.569. The lowest BCUT2D eigenvalue weighted by Crippen LogP contribution is -2.21. The average Bonchev–Trinajstić information content (AvgIpc) is 2.12. The Bertz CT molecular complexity index is 182. The fourth-order valence-electron chi connectivity index (χ4n) is 0.840. The summed E-state index contributed by atoms with van der Waals surface area (Å²) < 4.78 is 5.05. The number of furan rings is 1. The fraction of sp³-hybridized carbons (Fsp3) is 0.500. The Labute approximate surface area is 60.5 Å². The summed E-state index contributed by atoms with van der Waals surface area (Å²) >= 11 is 0. The highest BCUT2D eigenvalue weighted by molar-refractivity contribution is 5.01.